The number of methoxy groups -OCH3 is 1. The highest BCUT2D eigenvalue weighted by molar-refractivity contribution is 8.02. The largest absolute Gasteiger partial charge is 0.497 e. The van der Waals surface area contributed by atoms with Gasteiger partial charge in [-0.05, 0) is 49.7 Å². The Hall–Kier alpha value is -3.25. The molecule has 0 aliphatic carbocycles. The molecule has 0 unspecified atom stereocenters. The maximum Gasteiger partial charge on any atom is 0.268 e. The number of nitrogens with zero attached hydrogens (tertiary/aromatic N) is 2. The van der Waals surface area contributed by atoms with E-state index < -0.39 is 4.87 Å². The maximum atomic E-state index is 14.2. The predicted molar refractivity (Wildman–Crippen MR) is 131 cm³/mol. The lowest BCUT2D eigenvalue weighted by Crippen LogP contribution is -2.50. The molecule has 1 fully saturated rings. The number of carbonyl (C=O) groups is 2. The third-order valence-electron chi connectivity index (χ3n) is 6.20. The first kappa shape index (κ1) is 21.6. The van der Waals surface area contributed by atoms with Gasteiger partial charge in [-0.15, -0.1) is 11.8 Å². The van der Waals surface area contributed by atoms with Gasteiger partial charge < -0.3 is 14.5 Å². The van der Waals surface area contributed by atoms with Crippen molar-refractivity contribution in [2.75, 3.05) is 18.6 Å². The molecule has 3 aromatic rings. The van der Waals surface area contributed by atoms with E-state index in [0.717, 1.165) is 16.8 Å². The van der Waals surface area contributed by atoms with E-state index in [9.17, 15) is 9.59 Å². The summed E-state index contributed by atoms with van der Waals surface area (Å²) < 4.78 is 4.96. The first-order chi connectivity index (χ1) is 15.9. The van der Waals surface area contributed by atoms with Crippen LogP contribution in [0.5, 0.6) is 5.75 Å². The van der Waals surface area contributed by atoms with Gasteiger partial charge in [-0.1, -0.05) is 48.5 Å². The van der Waals surface area contributed by atoms with E-state index in [2.05, 4.69) is 13.8 Å². The molecule has 33 heavy (non-hydrogen) atoms. The Morgan fingerprint density at radius 2 is 1.64 bits per heavy atom. The number of amides is 2. The van der Waals surface area contributed by atoms with Gasteiger partial charge in [-0.2, -0.15) is 0 Å². The van der Waals surface area contributed by atoms with Gasteiger partial charge in [0.15, 0.2) is 4.87 Å². The molecule has 3 aromatic carbocycles. The molecule has 0 N–H and O–H groups in total. The van der Waals surface area contributed by atoms with Crippen molar-refractivity contribution in [1.82, 2.24) is 4.90 Å². The second-order valence-corrected chi connectivity index (χ2v) is 10.9. The van der Waals surface area contributed by atoms with Crippen molar-refractivity contribution in [3.8, 4) is 5.75 Å². The van der Waals surface area contributed by atoms with Crippen LogP contribution in [0.2, 0.25) is 0 Å². The Labute approximate surface area is 198 Å². The van der Waals surface area contributed by atoms with Crippen LogP contribution in [-0.2, 0) is 16.2 Å². The second kappa shape index (κ2) is 7.96. The average Bonchev–Trinajstić information content (AvgIpc) is 3.25. The molecule has 2 aliphatic heterocycles. The van der Waals surface area contributed by atoms with Crippen LogP contribution in [0, 0.1) is 0 Å². The number of fused-ring (bicyclic) bond motifs is 2. The summed E-state index contributed by atoms with van der Waals surface area (Å²) in [5.74, 6) is 0.471. The van der Waals surface area contributed by atoms with E-state index in [1.165, 1.54) is 0 Å². The molecular weight excluding hydrogens is 432 g/mol. The van der Waals surface area contributed by atoms with Crippen LogP contribution in [-0.4, -0.2) is 35.1 Å². The highest BCUT2D eigenvalue weighted by atomic mass is 32.2. The van der Waals surface area contributed by atoms with Gasteiger partial charge in [-0.25, -0.2) is 0 Å². The van der Waals surface area contributed by atoms with Gasteiger partial charge in [0.05, 0.1) is 19.3 Å². The molecule has 0 bridgehead atoms. The second-order valence-electron chi connectivity index (χ2n) is 9.02. The molecule has 2 aliphatic rings. The van der Waals surface area contributed by atoms with E-state index >= 15 is 0 Å². The summed E-state index contributed by atoms with van der Waals surface area (Å²) in [6, 6.07) is 24.9. The molecule has 2 heterocycles. The molecule has 0 saturated carbocycles. The van der Waals surface area contributed by atoms with E-state index in [1.54, 1.807) is 48.0 Å². The van der Waals surface area contributed by atoms with E-state index in [-0.39, 0.29) is 16.6 Å². The SMILES string of the molecule is COc1ccc(C(=O)N2CC(C)(C)S[C@]23C(=O)N(Cc2ccccc2)c2ccccc23)cc1. The molecular formula is C27H26N2O3S. The van der Waals surface area contributed by atoms with Crippen LogP contribution in [0.15, 0.2) is 78.9 Å². The molecule has 5 rings (SSSR count). The summed E-state index contributed by atoms with van der Waals surface area (Å²) >= 11 is 1.57. The highest BCUT2D eigenvalue weighted by Gasteiger charge is 2.63. The summed E-state index contributed by atoms with van der Waals surface area (Å²) in [7, 11) is 1.60. The number of benzene rings is 3. The van der Waals surface area contributed by atoms with Gasteiger partial charge in [0.1, 0.15) is 5.75 Å². The van der Waals surface area contributed by atoms with Crippen LogP contribution >= 0.6 is 11.8 Å². The fourth-order valence-electron chi connectivity index (χ4n) is 4.77. The van der Waals surface area contributed by atoms with E-state index in [4.69, 9.17) is 4.74 Å². The molecule has 168 valence electrons. The van der Waals surface area contributed by atoms with Crippen LogP contribution in [0.1, 0.15) is 35.3 Å². The third kappa shape index (κ3) is 3.49. The van der Waals surface area contributed by atoms with Crippen molar-refractivity contribution < 1.29 is 14.3 Å². The van der Waals surface area contributed by atoms with Crippen LogP contribution in [0.25, 0.3) is 0 Å². The van der Waals surface area contributed by atoms with Crippen molar-refractivity contribution in [3.63, 3.8) is 0 Å². The zero-order valence-corrected chi connectivity index (χ0v) is 19.8. The first-order valence-corrected chi connectivity index (χ1v) is 11.8. The van der Waals surface area contributed by atoms with Gasteiger partial charge in [0.2, 0.25) is 0 Å². The van der Waals surface area contributed by atoms with Gasteiger partial charge in [0.25, 0.3) is 11.8 Å². The van der Waals surface area contributed by atoms with Crippen molar-refractivity contribution in [2.45, 2.75) is 30.0 Å². The number of ether oxygens (including phenoxy) is 1. The lowest BCUT2D eigenvalue weighted by Gasteiger charge is -2.33. The minimum Gasteiger partial charge on any atom is -0.497 e. The Balaban J connectivity index is 1.60. The van der Waals surface area contributed by atoms with Gasteiger partial charge in [-0.3, -0.25) is 9.59 Å². The zero-order valence-electron chi connectivity index (χ0n) is 18.9. The van der Waals surface area contributed by atoms with Crippen molar-refractivity contribution in [3.05, 3.63) is 95.6 Å². The van der Waals surface area contributed by atoms with Crippen LogP contribution < -0.4 is 9.64 Å². The van der Waals surface area contributed by atoms with Crippen molar-refractivity contribution in [2.24, 2.45) is 0 Å². The van der Waals surface area contributed by atoms with E-state index in [0.29, 0.717) is 24.4 Å². The summed E-state index contributed by atoms with van der Waals surface area (Å²) in [5, 5.41) is 0. The minimum atomic E-state index is -1.09. The smallest absolute Gasteiger partial charge is 0.268 e. The molecule has 1 spiro atoms. The normalized spacial score (nSPS) is 20.9. The fraction of sp³-hybridized carbons (Fsp3) is 0.259. The number of hydrogen-bond donors (Lipinski definition) is 0. The quantitative estimate of drug-likeness (QED) is 0.548. The van der Waals surface area contributed by atoms with Crippen molar-refractivity contribution >= 4 is 29.3 Å². The summed E-state index contributed by atoms with van der Waals surface area (Å²) in [5.41, 5.74) is 3.33. The monoisotopic (exact) mass is 458 g/mol. The molecule has 1 saturated heterocycles. The number of anilines is 1. The zero-order chi connectivity index (χ0) is 23.2. The number of para-hydroxylation sites is 1. The van der Waals surface area contributed by atoms with Crippen LogP contribution in [0.3, 0.4) is 0 Å². The lowest BCUT2D eigenvalue weighted by molar-refractivity contribution is -0.123. The summed E-state index contributed by atoms with van der Waals surface area (Å²) in [6.07, 6.45) is 0. The number of thioether (sulfide) groups is 1. The molecule has 2 amide bonds. The molecule has 0 aromatic heterocycles. The minimum absolute atomic E-state index is 0.0648. The predicted octanol–water partition coefficient (Wildman–Crippen LogP) is 5.06. The number of rotatable bonds is 4. The summed E-state index contributed by atoms with van der Waals surface area (Å²) in [4.78, 5) is 30.5. The Morgan fingerprint density at radius 3 is 2.33 bits per heavy atom. The standard InChI is InChI=1S/C27H26N2O3S/c1-26(2)18-29(24(30)20-13-15-21(32-3)16-14-20)27(33-26)22-11-7-8-12-23(22)28(25(27)31)17-19-9-5-4-6-10-19/h4-16H,17-18H2,1-3H3/t27-/m1/s1. The topological polar surface area (TPSA) is 49.9 Å². The van der Waals surface area contributed by atoms with Crippen molar-refractivity contribution in [1.29, 1.82) is 0 Å². The Bertz CT molecular complexity index is 1210. The number of hydrogen-bond acceptors (Lipinski definition) is 4. The average molecular weight is 459 g/mol. The summed E-state index contributed by atoms with van der Waals surface area (Å²) in [6.45, 7) is 5.12. The van der Waals surface area contributed by atoms with Gasteiger partial charge in [0, 0.05) is 22.4 Å². The number of carbonyl (C=O) groups excluding carboxylic acids is 2. The third-order valence-corrected chi connectivity index (χ3v) is 7.80. The van der Waals surface area contributed by atoms with Gasteiger partial charge >= 0.3 is 0 Å². The molecule has 1 atom stereocenters. The van der Waals surface area contributed by atoms with E-state index in [1.807, 2.05) is 59.5 Å². The molecule has 5 nitrogen and oxygen atoms in total. The Kier molecular flexibility index (Phi) is 5.20. The molecule has 0 radical (unpaired) electrons. The lowest BCUT2D eigenvalue weighted by atomic mass is 10.0. The fourth-order valence-corrected chi connectivity index (χ4v) is 6.50. The Morgan fingerprint density at radius 1 is 0.970 bits per heavy atom. The maximum absolute atomic E-state index is 14.2. The highest BCUT2D eigenvalue weighted by Crippen LogP contribution is 2.60. The first-order valence-electron chi connectivity index (χ1n) is 11.0. The van der Waals surface area contributed by atoms with Crippen LogP contribution in [0.4, 0.5) is 5.69 Å². The molecule has 6 heteroatoms.